The van der Waals surface area contributed by atoms with Crippen LogP contribution in [0.4, 0.5) is 0 Å². The van der Waals surface area contributed by atoms with E-state index in [9.17, 15) is 0 Å². The fourth-order valence-electron chi connectivity index (χ4n) is 1.22. The molecule has 1 atom stereocenters. The van der Waals surface area contributed by atoms with Gasteiger partial charge in [0.1, 0.15) is 0 Å². The number of unbranched alkanes of at least 4 members (excludes halogenated alkanes) is 1. The van der Waals surface area contributed by atoms with Crippen molar-refractivity contribution in [3.63, 3.8) is 0 Å². The molecule has 72 valence electrons. The zero-order valence-electron chi connectivity index (χ0n) is 8.49. The molecular weight excluding hydrogens is 272 g/mol. The summed E-state index contributed by atoms with van der Waals surface area (Å²) < 4.78 is 2.36. The van der Waals surface area contributed by atoms with Crippen LogP contribution in [0, 0.1) is 0 Å². The Bertz CT molecular complexity index is 218. The summed E-state index contributed by atoms with van der Waals surface area (Å²) in [6.45, 7) is 4.66. The predicted molar refractivity (Wildman–Crippen MR) is 60.3 cm³/mol. The van der Waals surface area contributed by atoms with Gasteiger partial charge in [0, 0.05) is 0 Å². The second-order valence-corrected chi connectivity index (χ2v) is 7.41. The number of benzene rings is 1. The molecule has 13 heavy (non-hydrogen) atoms. The van der Waals surface area contributed by atoms with Gasteiger partial charge in [-0.2, -0.15) is 0 Å². The van der Waals surface area contributed by atoms with Gasteiger partial charge in [0.2, 0.25) is 0 Å². The van der Waals surface area contributed by atoms with Gasteiger partial charge in [-0.1, -0.05) is 0 Å². The molecule has 0 nitrogen and oxygen atoms in total. The summed E-state index contributed by atoms with van der Waals surface area (Å²) in [5.41, 5.74) is 1.54. The van der Waals surface area contributed by atoms with Crippen LogP contribution in [-0.2, 0) is 0 Å². The van der Waals surface area contributed by atoms with Gasteiger partial charge in [-0.15, -0.1) is 0 Å². The molecule has 0 aliphatic heterocycles. The molecule has 0 aromatic heterocycles. The standard InChI is InChI=1S/C12H18Te/c1-3-4-10-13-11(2)12-8-6-5-7-9-12/h5-9,11H,3-4,10H2,1-2H3. The van der Waals surface area contributed by atoms with E-state index < -0.39 is 0 Å². The Kier molecular flexibility index (Phi) is 5.51. The minimum atomic E-state index is 0.204. The summed E-state index contributed by atoms with van der Waals surface area (Å²) >= 11 is 0.204. The molecule has 0 heterocycles. The van der Waals surface area contributed by atoms with Gasteiger partial charge in [-0.25, -0.2) is 0 Å². The van der Waals surface area contributed by atoms with E-state index in [0.29, 0.717) is 0 Å². The third-order valence-corrected chi connectivity index (χ3v) is 5.84. The third kappa shape index (κ3) is 4.16. The van der Waals surface area contributed by atoms with Crippen LogP contribution in [0.15, 0.2) is 30.3 Å². The molecule has 0 spiro atoms. The number of rotatable bonds is 5. The first kappa shape index (κ1) is 11.1. The summed E-state index contributed by atoms with van der Waals surface area (Å²) in [7, 11) is 0. The van der Waals surface area contributed by atoms with E-state index in [-0.39, 0.29) is 20.9 Å². The van der Waals surface area contributed by atoms with Crippen LogP contribution >= 0.6 is 0 Å². The van der Waals surface area contributed by atoms with Crippen LogP contribution in [-0.4, -0.2) is 20.9 Å². The van der Waals surface area contributed by atoms with E-state index >= 15 is 0 Å². The molecule has 0 amide bonds. The zero-order chi connectivity index (χ0) is 9.52. The molecule has 0 bridgehead atoms. The van der Waals surface area contributed by atoms with E-state index in [4.69, 9.17) is 0 Å². The molecule has 1 rings (SSSR count). The van der Waals surface area contributed by atoms with Gasteiger partial charge < -0.3 is 0 Å². The fraction of sp³-hybridized carbons (Fsp3) is 0.500. The van der Waals surface area contributed by atoms with Gasteiger partial charge in [-0.05, 0) is 0 Å². The second kappa shape index (κ2) is 6.46. The molecule has 1 heteroatoms. The predicted octanol–water partition coefficient (Wildman–Crippen LogP) is 3.67. The van der Waals surface area contributed by atoms with E-state index in [1.54, 1.807) is 5.56 Å². The molecule has 0 fully saturated rings. The van der Waals surface area contributed by atoms with Crippen molar-refractivity contribution in [3.05, 3.63) is 35.9 Å². The first-order valence-electron chi connectivity index (χ1n) is 5.01. The number of hydrogen-bond donors (Lipinski definition) is 0. The first-order chi connectivity index (χ1) is 6.34. The van der Waals surface area contributed by atoms with Gasteiger partial charge in [0.05, 0.1) is 0 Å². The Hall–Kier alpha value is 0.00961. The van der Waals surface area contributed by atoms with Gasteiger partial charge >= 0.3 is 91.9 Å². The van der Waals surface area contributed by atoms with Gasteiger partial charge in [0.15, 0.2) is 0 Å². The van der Waals surface area contributed by atoms with Crippen LogP contribution in [0.3, 0.4) is 0 Å². The van der Waals surface area contributed by atoms with Crippen LogP contribution in [0.2, 0.25) is 4.47 Å². The van der Waals surface area contributed by atoms with Crippen molar-refractivity contribution in [1.82, 2.24) is 0 Å². The zero-order valence-corrected chi connectivity index (χ0v) is 10.8. The minimum absolute atomic E-state index is 0.204. The Morgan fingerprint density at radius 3 is 2.54 bits per heavy atom. The van der Waals surface area contributed by atoms with Crippen molar-refractivity contribution in [2.24, 2.45) is 0 Å². The molecular formula is C12H18Te. The summed E-state index contributed by atoms with van der Waals surface area (Å²) in [4.78, 5) is 0. The molecule has 0 saturated heterocycles. The van der Waals surface area contributed by atoms with Crippen molar-refractivity contribution < 1.29 is 0 Å². The summed E-state index contributed by atoms with van der Waals surface area (Å²) in [5, 5.41) is 0. The maximum atomic E-state index is 2.38. The third-order valence-electron chi connectivity index (χ3n) is 2.13. The van der Waals surface area contributed by atoms with Crippen molar-refractivity contribution >= 4 is 20.9 Å². The molecule has 0 saturated carbocycles. The molecule has 0 radical (unpaired) electrons. The average molecular weight is 290 g/mol. The quantitative estimate of drug-likeness (QED) is 0.573. The van der Waals surface area contributed by atoms with E-state index in [1.807, 2.05) is 0 Å². The molecule has 1 unspecified atom stereocenters. The van der Waals surface area contributed by atoms with Crippen molar-refractivity contribution in [1.29, 1.82) is 0 Å². The normalized spacial score (nSPS) is 12.8. The van der Waals surface area contributed by atoms with Crippen molar-refractivity contribution in [2.45, 2.75) is 35.1 Å². The first-order valence-corrected chi connectivity index (χ1v) is 8.00. The van der Waals surface area contributed by atoms with Gasteiger partial charge in [0.25, 0.3) is 0 Å². The average Bonchev–Trinajstić information content (AvgIpc) is 2.19. The summed E-state index contributed by atoms with van der Waals surface area (Å²) in [6, 6.07) is 10.9. The second-order valence-electron chi connectivity index (χ2n) is 3.28. The van der Waals surface area contributed by atoms with Crippen LogP contribution in [0.25, 0.3) is 0 Å². The SMILES string of the molecule is CCCC[Te]C(C)c1ccccc1. The van der Waals surface area contributed by atoms with Crippen LogP contribution in [0.1, 0.15) is 36.2 Å². The van der Waals surface area contributed by atoms with Gasteiger partial charge in [-0.3, -0.25) is 0 Å². The molecule has 0 aliphatic carbocycles. The Morgan fingerprint density at radius 2 is 1.92 bits per heavy atom. The van der Waals surface area contributed by atoms with Crippen LogP contribution < -0.4 is 0 Å². The summed E-state index contributed by atoms with van der Waals surface area (Å²) in [5.74, 6) is 0. The van der Waals surface area contributed by atoms with E-state index in [0.717, 1.165) is 3.97 Å². The monoisotopic (exact) mass is 292 g/mol. The maximum absolute atomic E-state index is 2.38. The van der Waals surface area contributed by atoms with E-state index in [1.165, 1.54) is 17.3 Å². The topological polar surface area (TPSA) is 0 Å². The van der Waals surface area contributed by atoms with Crippen LogP contribution in [0.5, 0.6) is 0 Å². The van der Waals surface area contributed by atoms with E-state index in [2.05, 4.69) is 44.2 Å². The Balaban J connectivity index is 2.35. The van der Waals surface area contributed by atoms with Crippen molar-refractivity contribution in [2.75, 3.05) is 0 Å². The molecule has 1 aromatic rings. The molecule has 0 N–H and O–H groups in total. The fourth-order valence-corrected chi connectivity index (χ4v) is 4.53. The molecule has 0 aliphatic rings. The Labute approximate surface area is 91.8 Å². The Morgan fingerprint density at radius 1 is 1.23 bits per heavy atom. The number of hydrogen-bond acceptors (Lipinski definition) is 0. The van der Waals surface area contributed by atoms with Crippen molar-refractivity contribution in [3.8, 4) is 0 Å². The summed E-state index contributed by atoms with van der Waals surface area (Å²) in [6.07, 6.45) is 2.78. The molecule has 1 aromatic carbocycles.